The van der Waals surface area contributed by atoms with Crippen LogP contribution in [0.25, 0.3) is 0 Å². The molecule has 0 saturated heterocycles. The van der Waals surface area contributed by atoms with E-state index in [0.29, 0.717) is 6.04 Å². The van der Waals surface area contributed by atoms with Crippen LogP contribution < -0.4 is 10.6 Å². The van der Waals surface area contributed by atoms with Crippen LogP contribution in [0.3, 0.4) is 0 Å². The summed E-state index contributed by atoms with van der Waals surface area (Å²) in [5.41, 5.74) is 2.22. The summed E-state index contributed by atoms with van der Waals surface area (Å²) < 4.78 is 0. The van der Waals surface area contributed by atoms with Crippen molar-refractivity contribution in [3.05, 3.63) is 57.8 Å². The lowest BCUT2D eigenvalue weighted by Gasteiger charge is -2.27. The highest BCUT2D eigenvalue weighted by molar-refractivity contribution is 7.09. The third-order valence-corrected chi connectivity index (χ3v) is 5.65. The van der Waals surface area contributed by atoms with Crippen LogP contribution in [-0.4, -0.2) is 11.9 Å². The highest BCUT2D eigenvalue weighted by Crippen LogP contribution is 2.22. The molecule has 2 N–H and O–H groups in total. The van der Waals surface area contributed by atoms with E-state index in [0.717, 1.165) is 30.5 Å². The number of thiophene rings is 1. The highest BCUT2D eigenvalue weighted by atomic mass is 32.1. The van der Waals surface area contributed by atoms with Gasteiger partial charge in [0.25, 0.3) is 0 Å². The third kappa shape index (κ3) is 4.46. The van der Waals surface area contributed by atoms with Gasteiger partial charge in [0.15, 0.2) is 0 Å². The molecule has 1 aromatic carbocycles. The second-order valence-corrected chi connectivity index (χ2v) is 7.63. The zero-order valence-electron chi connectivity index (χ0n) is 14.3. The first-order chi connectivity index (χ1) is 11.7. The standard InChI is InChI=1S/C20H26N2OS/c1-15-8-5-6-12-18(15)19(21-14-17-11-7-13-24-17)20(23)22-16-9-3-2-4-10-16/h5-8,11-13,16,19,21H,2-4,9-10,14H2,1H3,(H,22,23). The molecule has 1 heterocycles. The lowest BCUT2D eigenvalue weighted by Crippen LogP contribution is -2.43. The normalized spacial score (nSPS) is 16.7. The van der Waals surface area contributed by atoms with Crippen molar-refractivity contribution in [3.63, 3.8) is 0 Å². The summed E-state index contributed by atoms with van der Waals surface area (Å²) >= 11 is 1.72. The number of hydrogen-bond acceptors (Lipinski definition) is 3. The number of amides is 1. The number of hydrogen-bond donors (Lipinski definition) is 2. The van der Waals surface area contributed by atoms with Gasteiger partial charge < -0.3 is 5.32 Å². The fourth-order valence-electron chi connectivity index (χ4n) is 3.40. The van der Waals surface area contributed by atoms with Crippen LogP contribution in [0.4, 0.5) is 0 Å². The molecular formula is C20H26N2OS. The molecule has 4 heteroatoms. The summed E-state index contributed by atoms with van der Waals surface area (Å²) in [6.07, 6.45) is 5.96. The van der Waals surface area contributed by atoms with Crippen LogP contribution in [0, 0.1) is 6.92 Å². The second kappa shape index (κ2) is 8.45. The maximum Gasteiger partial charge on any atom is 0.241 e. The van der Waals surface area contributed by atoms with Crippen LogP contribution in [0.2, 0.25) is 0 Å². The van der Waals surface area contributed by atoms with Crippen LogP contribution >= 0.6 is 11.3 Å². The second-order valence-electron chi connectivity index (χ2n) is 6.59. The van der Waals surface area contributed by atoms with E-state index in [9.17, 15) is 4.79 Å². The number of rotatable bonds is 6. The summed E-state index contributed by atoms with van der Waals surface area (Å²) in [4.78, 5) is 14.2. The number of carbonyl (C=O) groups is 1. The number of benzene rings is 1. The molecule has 0 radical (unpaired) electrons. The monoisotopic (exact) mass is 342 g/mol. The lowest BCUT2D eigenvalue weighted by atomic mass is 9.94. The van der Waals surface area contributed by atoms with Gasteiger partial charge >= 0.3 is 0 Å². The Balaban J connectivity index is 1.73. The van der Waals surface area contributed by atoms with Gasteiger partial charge in [-0.25, -0.2) is 0 Å². The predicted octanol–water partition coefficient (Wildman–Crippen LogP) is 4.34. The van der Waals surface area contributed by atoms with Gasteiger partial charge in [-0.3, -0.25) is 10.1 Å². The molecular weight excluding hydrogens is 316 g/mol. The quantitative estimate of drug-likeness (QED) is 0.820. The lowest BCUT2D eigenvalue weighted by molar-refractivity contribution is -0.124. The Morgan fingerprint density at radius 3 is 2.67 bits per heavy atom. The van der Waals surface area contributed by atoms with Crippen LogP contribution in [0.1, 0.15) is 54.1 Å². The Hall–Kier alpha value is -1.65. The van der Waals surface area contributed by atoms with Crippen LogP contribution in [0.5, 0.6) is 0 Å². The van der Waals surface area contributed by atoms with E-state index in [4.69, 9.17) is 0 Å². The predicted molar refractivity (Wildman–Crippen MR) is 100 cm³/mol. The van der Waals surface area contributed by atoms with E-state index in [-0.39, 0.29) is 11.9 Å². The van der Waals surface area contributed by atoms with Gasteiger partial charge in [0.1, 0.15) is 6.04 Å². The van der Waals surface area contributed by atoms with Gasteiger partial charge in [0.05, 0.1) is 0 Å². The van der Waals surface area contributed by atoms with Crippen molar-refractivity contribution in [3.8, 4) is 0 Å². The van der Waals surface area contributed by atoms with Crippen molar-refractivity contribution in [1.29, 1.82) is 0 Å². The number of aryl methyl sites for hydroxylation is 1. The average molecular weight is 343 g/mol. The van der Waals surface area contributed by atoms with Crippen molar-refractivity contribution < 1.29 is 4.79 Å². The van der Waals surface area contributed by atoms with E-state index in [1.165, 1.54) is 24.1 Å². The molecule has 1 aliphatic carbocycles. The summed E-state index contributed by atoms with van der Waals surface area (Å²) in [5.74, 6) is 0.104. The molecule has 3 nitrogen and oxygen atoms in total. The van der Waals surface area contributed by atoms with E-state index in [2.05, 4.69) is 41.1 Å². The summed E-state index contributed by atoms with van der Waals surface area (Å²) in [7, 11) is 0. The molecule has 1 saturated carbocycles. The van der Waals surface area contributed by atoms with E-state index < -0.39 is 0 Å². The zero-order chi connectivity index (χ0) is 16.8. The average Bonchev–Trinajstić information content (AvgIpc) is 3.11. The minimum absolute atomic E-state index is 0.104. The molecule has 0 spiro atoms. The Bertz CT molecular complexity index is 647. The van der Waals surface area contributed by atoms with Gasteiger partial charge in [0, 0.05) is 17.5 Å². The fraction of sp³-hybridized carbons (Fsp3) is 0.450. The van der Waals surface area contributed by atoms with Gasteiger partial charge in [-0.15, -0.1) is 11.3 Å². The third-order valence-electron chi connectivity index (χ3n) is 4.77. The van der Waals surface area contributed by atoms with E-state index in [1.807, 2.05) is 18.2 Å². The molecule has 1 amide bonds. The molecule has 24 heavy (non-hydrogen) atoms. The zero-order valence-corrected chi connectivity index (χ0v) is 15.1. The fourth-order valence-corrected chi connectivity index (χ4v) is 4.06. The molecule has 2 aromatic rings. The van der Waals surface area contributed by atoms with E-state index >= 15 is 0 Å². The molecule has 1 fully saturated rings. The Kier molecular flexibility index (Phi) is 6.05. The number of nitrogens with one attached hydrogen (secondary N) is 2. The first-order valence-electron chi connectivity index (χ1n) is 8.85. The van der Waals surface area contributed by atoms with Crippen molar-refractivity contribution in [2.75, 3.05) is 0 Å². The largest absolute Gasteiger partial charge is 0.352 e. The van der Waals surface area contributed by atoms with Gasteiger partial charge in [-0.1, -0.05) is 49.6 Å². The van der Waals surface area contributed by atoms with Crippen molar-refractivity contribution in [1.82, 2.24) is 10.6 Å². The molecule has 1 atom stereocenters. The summed E-state index contributed by atoms with van der Waals surface area (Å²) in [6.45, 7) is 2.79. The minimum Gasteiger partial charge on any atom is -0.352 e. The Labute approximate surface area is 148 Å². The van der Waals surface area contributed by atoms with Gasteiger partial charge in [0.2, 0.25) is 5.91 Å². The van der Waals surface area contributed by atoms with E-state index in [1.54, 1.807) is 11.3 Å². The minimum atomic E-state index is -0.296. The van der Waals surface area contributed by atoms with Gasteiger partial charge in [-0.2, -0.15) is 0 Å². The van der Waals surface area contributed by atoms with Crippen molar-refractivity contribution in [2.45, 2.75) is 57.7 Å². The van der Waals surface area contributed by atoms with Crippen molar-refractivity contribution in [2.24, 2.45) is 0 Å². The summed E-state index contributed by atoms with van der Waals surface area (Å²) in [5, 5.41) is 8.82. The molecule has 0 aliphatic heterocycles. The maximum atomic E-state index is 13.0. The first-order valence-corrected chi connectivity index (χ1v) is 9.73. The number of carbonyl (C=O) groups excluding carboxylic acids is 1. The molecule has 1 unspecified atom stereocenters. The summed E-state index contributed by atoms with van der Waals surface area (Å²) in [6, 6.07) is 12.4. The molecule has 128 valence electrons. The molecule has 0 bridgehead atoms. The molecule has 3 rings (SSSR count). The SMILES string of the molecule is Cc1ccccc1C(NCc1cccs1)C(=O)NC1CCCCC1. The van der Waals surface area contributed by atoms with Crippen LogP contribution in [-0.2, 0) is 11.3 Å². The molecule has 1 aromatic heterocycles. The smallest absolute Gasteiger partial charge is 0.241 e. The highest BCUT2D eigenvalue weighted by Gasteiger charge is 2.24. The van der Waals surface area contributed by atoms with Gasteiger partial charge in [-0.05, 0) is 42.3 Å². The van der Waals surface area contributed by atoms with Crippen molar-refractivity contribution >= 4 is 17.2 Å². The topological polar surface area (TPSA) is 41.1 Å². The van der Waals surface area contributed by atoms with Crippen LogP contribution in [0.15, 0.2) is 41.8 Å². The first kappa shape index (κ1) is 17.2. The Morgan fingerprint density at radius 2 is 1.96 bits per heavy atom. The Morgan fingerprint density at radius 1 is 1.17 bits per heavy atom. The molecule has 1 aliphatic rings. The maximum absolute atomic E-state index is 13.0.